The monoisotopic (exact) mass is 473 g/mol. The molecule has 0 aliphatic rings. The molecule has 2 aromatic rings. The molecule has 0 saturated heterocycles. The highest BCUT2D eigenvalue weighted by Gasteiger charge is 2.33. The normalized spacial score (nSPS) is 13.4. The average molecular weight is 473 g/mol. The third-order valence-electron chi connectivity index (χ3n) is 4.36. The lowest BCUT2D eigenvalue weighted by Gasteiger charge is -2.15. The maximum absolute atomic E-state index is 14.1. The number of rotatable bonds is 7. The molecule has 0 aliphatic carbocycles. The number of halogens is 4. The zero-order valence-corrected chi connectivity index (χ0v) is 18.6. The van der Waals surface area contributed by atoms with E-state index in [1.165, 1.54) is 24.3 Å². The summed E-state index contributed by atoms with van der Waals surface area (Å²) in [5.74, 6) is -1.66. The molecule has 0 bridgehead atoms. The van der Waals surface area contributed by atoms with Crippen molar-refractivity contribution >= 4 is 27.7 Å². The van der Waals surface area contributed by atoms with E-state index in [1.807, 2.05) is 4.72 Å². The molecule has 2 rings (SSSR count). The number of carbonyl (C=O) groups excluding carboxylic acids is 1. The minimum Gasteiger partial charge on any atom is -0.346 e. The van der Waals surface area contributed by atoms with E-state index in [4.69, 9.17) is 0 Å². The number of hydrogen-bond donors (Lipinski definition) is 2. The summed E-state index contributed by atoms with van der Waals surface area (Å²) in [5, 5.41) is 2.61. The number of hydrogen-bond acceptors (Lipinski definition) is 4. The van der Waals surface area contributed by atoms with Crippen molar-refractivity contribution in [3.05, 3.63) is 64.7 Å². The quantitative estimate of drug-likeness (QED) is 0.454. The van der Waals surface area contributed by atoms with Crippen LogP contribution in [0.1, 0.15) is 55.2 Å². The van der Waals surface area contributed by atoms with Crippen molar-refractivity contribution in [1.82, 2.24) is 10.3 Å². The number of nitrogens with one attached hydrogen (secondary N) is 2. The molecule has 174 valence electrons. The van der Waals surface area contributed by atoms with Crippen LogP contribution in [-0.2, 0) is 21.0 Å². The smallest absolute Gasteiger partial charge is 0.346 e. The Kier molecular flexibility index (Phi) is 7.66. The maximum atomic E-state index is 14.1. The van der Waals surface area contributed by atoms with Gasteiger partial charge in [0.25, 0.3) is 0 Å². The van der Waals surface area contributed by atoms with Crippen molar-refractivity contribution in [3.8, 4) is 0 Å². The zero-order valence-electron chi connectivity index (χ0n) is 17.8. The summed E-state index contributed by atoms with van der Waals surface area (Å²) in [6, 6.07) is 5.28. The van der Waals surface area contributed by atoms with Gasteiger partial charge in [-0.2, -0.15) is 13.2 Å². The highest BCUT2D eigenvalue weighted by molar-refractivity contribution is 7.92. The van der Waals surface area contributed by atoms with Crippen molar-refractivity contribution in [2.45, 2.75) is 38.9 Å². The van der Waals surface area contributed by atoms with Crippen LogP contribution in [0.2, 0.25) is 0 Å². The topological polar surface area (TPSA) is 88.2 Å². The van der Waals surface area contributed by atoms with Gasteiger partial charge in [0.2, 0.25) is 15.9 Å². The first kappa shape index (κ1) is 25.3. The Morgan fingerprint density at radius 2 is 1.78 bits per heavy atom. The van der Waals surface area contributed by atoms with Crippen molar-refractivity contribution < 1.29 is 30.8 Å². The minimum absolute atomic E-state index is 0.202. The molecule has 2 N–H and O–H groups in total. The van der Waals surface area contributed by atoms with Crippen LogP contribution in [0.15, 0.2) is 36.4 Å². The fourth-order valence-electron chi connectivity index (χ4n) is 2.84. The van der Waals surface area contributed by atoms with E-state index < -0.39 is 39.7 Å². The second kappa shape index (κ2) is 9.68. The van der Waals surface area contributed by atoms with Gasteiger partial charge in [-0.3, -0.25) is 9.52 Å². The largest absolute Gasteiger partial charge is 0.433 e. The molecular formula is C21H23F4N3O3S. The molecule has 1 atom stereocenters. The number of anilines is 1. The van der Waals surface area contributed by atoms with E-state index in [9.17, 15) is 30.8 Å². The number of alkyl halides is 3. The molecule has 32 heavy (non-hydrogen) atoms. The van der Waals surface area contributed by atoms with Gasteiger partial charge in [0.1, 0.15) is 11.5 Å². The van der Waals surface area contributed by atoms with Crippen LogP contribution < -0.4 is 10.0 Å². The van der Waals surface area contributed by atoms with Gasteiger partial charge in [0, 0.05) is 6.08 Å². The maximum Gasteiger partial charge on any atom is 0.433 e. The Labute approximate surface area is 183 Å². The average Bonchev–Trinajstić information content (AvgIpc) is 2.65. The van der Waals surface area contributed by atoms with E-state index in [-0.39, 0.29) is 17.3 Å². The van der Waals surface area contributed by atoms with Gasteiger partial charge in [-0.1, -0.05) is 26.0 Å². The van der Waals surface area contributed by atoms with Crippen LogP contribution in [0, 0.1) is 5.82 Å². The zero-order chi connectivity index (χ0) is 24.3. The third kappa shape index (κ3) is 7.04. The van der Waals surface area contributed by atoms with Crippen LogP contribution in [0.4, 0.5) is 23.2 Å². The lowest BCUT2D eigenvalue weighted by atomic mass is 10.0. The summed E-state index contributed by atoms with van der Waals surface area (Å²) < 4.78 is 77.4. The van der Waals surface area contributed by atoms with E-state index >= 15 is 0 Å². The molecule has 1 aromatic carbocycles. The van der Waals surface area contributed by atoms with Crippen LogP contribution in [-0.4, -0.2) is 25.6 Å². The van der Waals surface area contributed by atoms with Gasteiger partial charge in [-0.25, -0.2) is 17.8 Å². The summed E-state index contributed by atoms with van der Waals surface area (Å²) in [4.78, 5) is 15.9. The fraction of sp³-hybridized carbons (Fsp3) is 0.333. The minimum atomic E-state index is -4.57. The molecule has 0 fully saturated rings. The first-order valence-electron chi connectivity index (χ1n) is 9.51. The second-order valence-electron chi connectivity index (χ2n) is 7.50. The Balaban J connectivity index is 2.14. The van der Waals surface area contributed by atoms with E-state index in [2.05, 4.69) is 10.3 Å². The molecule has 11 heteroatoms. The summed E-state index contributed by atoms with van der Waals surface area (Å²) >= 11 is 0. The molecule has 1 aromatic heterocycles. The van der Waals surface area contributed by atoms with Gasteiger partial charge in [-0.05, 0) is 48.2 Å². The molecule has 0 saturated carbocycles. The van der Waals surface area contributed by atoms with E-state index in [1.54, 1.807) is 20.8 Å². The van der Waals surface area contributed by atoms with Gasteiger partial charge < -0.3 is 5.32 Å². The second-order valence-corrected chi connectivity index (χ2v) is 9.25. The lowest BCUT2D eigenvalue weighted by Crippen LogP contribution is -2.24. The van der Waals surface area contributed by atoms with Gasteiger partial charge in [0.15, 0.2) is 0 Å². The molecule has 1 heterocycles. The fourth-order valence-corrected chi connectivity index (χ4v) is 3.41. The van der Waals surface area contributed by atoms with Crippen LogP contribution >= 0.6 is 0 Å². The number of nitrogens with zero attached hydrogens (tertiary/aromatic N) is 1. The van der Waals surface area contributed by atoms with Crippen molar-refractivity contribution in [3.63, 3.8) is 0 Å². The Morgan fingerprint density at radius 3 is 2.31 bits per heavy atom. The van der Waals surface area contributed by atoms with Gasteiger partial charge >= 0.3 is 6.18 Å². The molecule has 0 radical (unpaired) electrons. The Hall–Kier alpha value is -2.95. The molecule has 6 nitrogen and oxygen atoms in total. The molecular weight excluding hydrogens is 450 g/mol. The number of carbonyl (C=O) groups is 1. The highest BCUT2D eigenvalue weighted by atomic mass is 32.2. The summed E-state index contributed by atoms with van der Waals surface area (Å²) in [5.41, 5.74) is -0.258. The van der Waals surface area contributed by atoms with Crippen molar-refractivity contribution in [1.29, 1.82) is 0 Å². The van der Waals surface area contributed by atoms with Crippen molar-refractivity contribution in [2.75, 3.05) is 11.0 Å². The number of aromatic nitrogens is 1. The van der Waals surface area contributed by atoms with E-state index in [0.717, 1.165) is 24.5 Å². The van der Waals surface area contributed by atoms with Crippen molar-refractivity contribution in [2.24, 2.45) is 0 Å². The van der Waals surface area contributed by atoms with Gasteiger partial charge in [-0.15, -0.1) is 0 Å². The molecule has 1 unspecified atom stereocenters. The molecule has 0 spiro atoms. The van der Waals surface area contributed by atoms with Crippen LogP contribution in [0.25, 0.3) is 6.08 Å². The first-order chi connectivity index (χ1) is 14.7. The number of sulfonamides is 1. The predicted molar refractivity (Wildman–Crippen MR) is 114 cm³/mol. The predicted octanol–water partition coefficient (Wildman–Crippen LogP) is 4.63. The summed E-state index contributed by atoms with van der Waals surface area (Å²) in [6.45, 7) is 4.99. The van der Waals surface area contributed by atoms with Crippen LogP contribution in [0.3, 0.4) is 0 Å². The highest BCUT2D eigenvalue weighted by Crippen LogP contribution is 2.30. The molecule has 0 aliphatic heterocycles. The SMILES string of the molecule is CC(C)c1nc(C(F)(F)F)ccc1/C=C\C(=O)NC(C)c1ccc(NS(C)(=O)=O)c(F)c1. The number of amides is 1. The van der Waals surface area contributed by atoms with E-state index in [0.29, 0.717) is 11.1 Å². The Morgan fingerprint density at radius 1 is 1.12 bits per heavy atom. The number of pyridine rings is 1. The third-order valence-corrected chi connectivity index (χ3v) is 4.95. The standard InChI is InChI=1S/C21H23F4N3O3S/c1-12(2)20-14(6-9-18(27-20)21(23,24)25)7-10-19(29)26-13(3)15-5-8-17(16(22)11-15)28-32(4,30)31/h5-13,28H,1-4H3,(H,26,29)/b10-7-. The number of benzene rings is 1. The first-order valence-corrected chi connectivity index (χ1v) is 11.4. The summed E-state index contributed by atoms with van der Waals surface area (Å²) in [7, 11) is -3.64. The molecule has 1 amide bonds. The van der Waals surface area contributed by atoms with Crippen LogP contribution in [0.5, 0.6) is 0 Å². The Bertz CT molecular complexity index is 1130. The lowest BCUT2D eigenvalue weighted by molar-refractivity contribution is -0.141. The van der Waals surface area contributed by atoms with Gasteiger partial charge in [0.05, 0.1) is 23.7 Å². The summed E-state index contributed by atoms with van der Waals surface area (Å²) in [6.07, 6.45) is -1.15.